The lowest BCUT2D eigenvalue weighted by Gasteiger charge is -2.37. The average molecular weight is 474 g/mol. The minimum Gasteiger partial charge on any atom is -0.335 e. The van der Waals surface area contributed by atoms with Gasteiger partial charge in [0.15, 0.2) is 0 Å². The zero-order valence-corrected chi connectivity index (χ0v) is 19.7. The molecule has 2 aliphatic carbocycles. The van der Waals surface area contributed by atoms with Crippen LogP contribution in [0.2, 0.25) is 10.0 Å². The van der Waals surface area contributed by atoms with E-state index in [4.69, 9.17) is 23.2 Å². The maximum Gasteiger partial charge on any atom is 0.317 e. The lowest BCUT2D eigenvalue weighted by atomic mass is 9.81. The fourth-order valence-corrected chi connectivity index (χ4v) is 6.76. The normalized spacial score (nSPS) is 29.9. The molecule has 6 nitrogen and oxygen atoms in total. The number of nitrogens with one attached hydrogen (secondary N) is 1. The fourth-order valence-electron chi connectivity index (χ4n) is 5.36. The van der Waals surface area contributed by atoms with Crippen molar-refractivity contribution >= 4 is 39.3 Å². The van der Waals surface area contributed by atoms with Gasteiger partial charge in [0, 0.05) is 42.3 Å². The van der Waals surface area contributed by atoms with Gasteiger partial charge in [-0.2, -0.15) is 0 Å². The summed E-state index contributed by atoms with van der Waals surface area (Å²) in [7, 11) is -1.34. The van der Waals surface area contributed by atoms with Crippen molar-refractivity contribution in [2.75, 3.05) is 26.4 Å². The molecule has 1 saturated heterocycles. The lowest BCUT2D eigenvalue weighted by molar-refractivity contribution is 0.157. The highest BCUT2D eigenvalue weighted by atomic mass is 35.5. The van der Waals surface area contributed by atoms with E-state index < -0.39 is 10.0 Å². The third-order valence-electron chi connectivity index (χ3n) is 7.27. The number of amides is 2. The topological polar surface area (TPSA) is 69.7 Å². The van der Waals surface area contributed by atoms with Gasteiger partial charge in [-0.05, 0) is 73.6 Å². The molecule has 1 heterocycles. The highest BCUT2D eigenvalue weighted by Gasteiger charge is 2.57. The Kier molecular flexibility index (Phi) is 6.03. The number of hydrogen-bond acceptors (Lipinski definition) is 3. The van der Waals surface area contributed by atoms with Gasteiger partial charge in [-0.25, -0.2) is 17.5 Å². The van der Waals surface area contributed by atoms with E-state index in [0.29, 0.717) is 41.9 Å². The van der Waals surface area contributed by atoms with Crippen LogP contribution in [0.4, 0.5) is 4.79 Å². The molecule has 3 fully saturated rings. The molecule has 4 rings (SSSR count). The smallest absolute Gasteiger partial charge is 0.317 e. The molecule has 0 bridgehead atoms. The molecule has 2 amide bonds. The van der Waals surface area contributed by atoms with Gasteiger partial charge in [0.05, 0.1) is 6.26 Å². The molecule has 3 aliphatic rings. The molecule has 0 radical (unpaired) electrons. The number of urea groups is 1. The van der Waals surface area contributed by atoms with Crippen molar-refractivity contribution in [2.24, 2.45) is 5.92 Å². The zero-order chi connectivity index (χ0) is 21.7. The van der Waals surface area contributed by atoms with Gasteiger partial charge >= 0.3 is 6.03 Å². The standard InChI is InChI=1S/C21H29Cl2N3O3S/c1-25(19-4-7-26(8-5-19)30(2,28)29)20(27)24-18-3-6-21(13-15(21)11-18)14-9-16(22)12-17(23)10-14/h9-10,12,15,18-19H,3-8,11,13H2,1-2H3,(H,24,27). The van der Waals surface area contributed by atoms with E-state index in [-0.39, 0.29) is 23.5 Å². The number of carbonyl (C=O) groups is 1. The van der Waals surface area contributed by atoms with E-state index in [0.717, 1.165) is 25.7 Å². The first-order valence-corrected chi connectivity index (χ1v) is 13.1. The van der Waals surface area contributed by atoms with Crippen LogP contribution >= 0.6 is 23.2 Å². The summed E-state index contributed by atoms with van der Waals surface area (Å²) in [5, 5.41) is 4.56. The van der Waals surface area contributed by atoms with Gasteiger partial charge in [0.2, 0.25) is 10.0 Å². The summed E-state index contributed by atoms with van der Waals surface area (Å²) >= 11 is 12.4. The monoisotopic (exact) mass is 473 g/mol. The number of carbonyl (C=O) groups excluding carboxylic acids is 1. The van der Waals surface area contributed by atoms with Crippen molar-refractivity contribution in [3.05, 3.63) is 33.8 Å². The average Bonchev–Trinajstić information content (AvgIpc) is 3.41. The summed E-state index contributed by atoms with van der Waals surface area (Å²) in [5.74, 6) is 0.550. The highest BCUT2D eigenvalue weighted by Crippen LogP contribution is 2.62. The van der Waals surface area contributed by atoms with Gasteiger partial charge in [-0.3, -0.25) is 0 Å². The van der Waals surface area contributed by atoms with Crippen LogP contribution in [-0.2, 0) is 15.4 Å². The minimum absolute atomic E-state index is 0.0586. The molecule has 1 aromatic carbocycles. The molecule has 1 aliphatic heterocycles. The quantitative estimate of drug-likeness (QED) is 0.721. The molecule has 166 valence electrons. The second-order valence-corrected chi connectivity index (χ2v) is 12.0. The van der Waals surface area contributed by atoms with E-state index in [1.54, 1.807) is 11.0 Å². The Labute approximate surface area is 188 Å². The molecule has 3 unspecified atom stereocenters. The first-order valence-electron chi connectivity index (χ1n) is 10.5. The number of hydrogen-bond donors (Lipinski definition) is 1. The van der Waals surface area contributed by atoms with Crippen molar-refractivity contribution in [1.29, 1.82) is 0 Å². The molecular formula is C21H29Cl2N3O3S. The van der Waals surface area contributed by atoms with E-state index in [1.165, 1.54) is 16.1 Å². The Morgan fingerprint density at radius 1 is 1.17 bits per heavy atom. The van der Waals surface area contributed by atoms with E-state index >= 15 is 0 Å². The van der Waals surface area contributed by atoms with Gasteiger partial charge in [-0.15, -0.1) is 0 Å². The van der Waals surface area contributed by atoms with Crippen LogP contribution in [0.15, 0.2) is 18.2 Å². The predicted molar refractivity (Wildman–Crippen MR) is 120 cm³/mol. The number of sulfonamides is 1. The van der Waals surface area contributed by atoms with E-state index in [2.05, 4.69) is 5.32 Å². The maximum absolute atomic E-state index is 12.8. The molecule has 3 atom stereocenters. The Morgan fingerprint density at radius 2 is 1.80 bits per heavy atom. The Hall–Kier alpha value is -1.02. The zero-order valence-electron chi connectivity index (χ0n) is 17.4. The number of piperidine rings is 1. The van der Waals surface area contributed by atoms with Crippen LogP contribution in [0.5, 0.6) is 0 Å². The third-order valence-corrected chi connectivity index (χ3v) is 9.01. The molecule has 1 aromatic rings. The van der Waals surface area contributed by atoms with Crippen LogP contribution in [0, 0.1) is 5.92 Å². The van der Waals surface area contributed by atoms with Crippen molar-refractivity contribution in [2.45, 2.75) is 56.0 Å². The summed E-state index contributed by atoms with van der Waals surface area (Å²) in [6.07, 6.45) is 6.63. The summed E-state index contributed by atoms with van der Waals surface area (Å²) in [5.41, 5.74) is 1.39. The van der Waals surface area contributed by atoms with Gasteiger partial charge in [0.25, 0.3) is 0 Å². The van der Waals surface area contributed by atoms with Gasteiger partial charge < -0.3 is 10.2 Å². The lowest BCUT2D eigenvalue weighted by Crippen LogP contribution is -2.52. The Balaban J connectivity index is 1.30. The summed E-state index contributed by atoms with van der Waals surface area (Å²) < 4.78 is 24.8. The summed E-state index contributed by atoms with van der Waals surface area (Å²) in [4.78, 5) is 14.6. The molecule has 2 saturated carbocycles. The number of fused-ring (bicyclic) bond motifs is 1. The van der Waals surface area contributed by atoms with Crippen LogP contribution in [0.25, 0.3) is 0 Å². The molecule has 0 spiro atoms. The SMILES string of the molecule is CN(C(=O)NC1CCC2(c3cc(Cl)cc(Cl)c3)CC2C1)C1CCN(S(C)(=O)=O)CC1. The minimum atomic E-state index is -3.16. The van der Waals surface area contributed by atoms with Crippen molar-refractivity contribution in [3.8, 4) is 0 Å². The van der Waals surface area contributed by atoms with E-state index in [1.807, 2.05) is 19.2 Å². The second kappa shape index (κ2) is 8.15. The Morgan fingerprint density at radius 3 is 2.37 bits per heavy atom. The number of halogens is 2. The van der Waals surface area contributed by atoms with E-state index in [9.17, 15) is 13.2 Å². The van der Waals surface area contributed by atoms with Crippen molar-refractivity contribution in [3.63, 3.8) is 0 Å². The Bertz CT molecular complexity index is 913. The predicted octanol–water partition coefficient (Wildman–Crippen LogP) is 3.87. The van der Waals surface area contributed by atoms with Crippen LogP contribution in [-0.4, -0.2) is 62.1 Å². The van der Waals surface area contributed by atoms with Crippen LogP contribution in [0.1, 0.15) is 44.1 Å². The van der Waals surface area contributed by atoms with Crippen LogP contribution < -0.4 is 5.32 Å². The molecule has 30 heavy (non-hydrogen) atoms. The number of rotatable bonds is 4. The summed E-state index contributed by atoms with van der Waals surface area (Å²) in [6, 6.07) is 6.01. The molecule has 0 aromatic heterocycles. The second-order valence-electron chi connectivity index (χ2n) is 9.14. The van der Waals surface area contributed by atoms with Gasteiger partial charge in [-0.1, -0.05) is 23.2 Å². The first kappa shape index (κ1) is 22.2. The molecule has 9 heteroatoms. The molecule has 1 N–H and O–H groups in total. The first-order chi connectivity index (χ1) is 14.1. The fraction of sp³-hybridized carbons (Fsp3) is 0.667. The number of nitrogens with zero attached hydrogens (tertiary/aromatic N) is 2. The highest BCUT2D eigenvalue weighted by molar-refractivity contribution is 7.88. The number of benzene rings is 1. The van der Waals surface area contributed by atoms with Crippen molar-refractivity contribution in [1.82, 2.24) is 14.5 Å². The summed E-state index contributed by atoms with van der Waals surface area (Å²) in [6.45, 7) is 0.939. The van der Waals surface area contributed by atoms with Gasteiger partial charge in [0.1, 0.15) is 0 Å². The van der Waals surface area contributed by atoms with Crippen molar-refractivity contribution < 1.29 is 13.2 Å². The van der Waals surface area contributed by atoms with Crippen LogP contribution in [0.3, 0.4) is 0 Å². The maximum atomic E-state index is 12.8. The largest absolute Gasteiger partial charge is 0.335 e. The molecular weight excluding hydrogens is 445 g/mol. The third kappa shape index (κ3) is 4.45.